The van der Waals surface area contributed by atoms with Gasteiger partial charge in [0.1, 0.15) is 0 Å². The minimum absolute atomic E-state index is 0.297. The van der Waals surface area contributed by atoms with Crippen LogP contribution in [0.1, 0.15) is 17.2 Å². The lowest BCUT2D eigenvalue weighted by Crippen LogP contribution is -2.33. The summed E-state index contributed by atoms with van der Waals surface area (Å²) in [6.45, 7) is 0. The second-order valence-corrected chi connectivity index (χ2v) is 6.21. The average molecular weight is 295 g/mol. The zero-order valence-corrected chi connectivity index (χ0v) is 12.8. The molecule has 2 aromatic rings. The molecule has 1 heterocycles. The SMILES string of the molecule is C1=CC2=C3C=Cc4ccccc4C3N(c3ccccc3)C2C=C1. The molecule has 0 saturated heterocycles. The molecule has 1 heteroatoms. The van der Waals surface area contributed by atoms with E-state index in [4.69, 9.17) is 0 Å². The molecule has 2 aromatic carbocycles. The number of anilines is 1. The number of allylic oxidation sites excluding steroid dienone is 2. The maximum absolute atomic E-state index is 2.55. The summed E-state index contributed by atoms with van der Waals surface area (Å²) in [5.74, 6) is 0. The van der Waals surface area contributed by atoms with Crippen LogP contribution in [0.5, 0.6) is 0 Å². The molecule has 23 heavy (non-hydrogen) atoms. The van der Waals surface area contributed by atoms with Gasteiger partial charge in [-0.2, -0.15) is 0 Å². The first-order valence-electron chi connectivity index (χ1n) is 8.13. The van der Waals surface area contributed by atoms with Crippen molar-refractivity contribution in [3.63, 3.8) is 0 Å². The van der Waals surface area contributed by atoms with Crippen molar-refractivity contribution >= 4 is 11.8 Å². The molecule has 1 aliphatic heterocycles. The Morgan fingerprint density at radius 2 is 1.52 bits per heavy atom. The van der Waals surface area contributed by atoms with Gasteiger partial charge in [-0.15, -0.1) is 0 Å². The van der Waals surface area contributed by atoms with Crippen molar-refractivity contribution in [2.45, 2.75) is 12.1 Å². The fraction of sp³-hybridized carbons (Fsp3) is 0.0909. The predicted octanol–water partition coefficient (Wildman–Crippen LogP) is 5.07. The second kappa shape index (κ2) is 4.85. The van der Waals surface area contributed by atoms with Crippen molar-refractivity contribution in [3.8, 4) is 0 Å². The zero-order chi connectivity index (χ0) is 15.2. The number of hydrogen-bond donors (Lipinski definition) is 0. The van der Waals surface area contributed by atoms with Crippen molar-refractivity contribution in [1.82, 2.24) is 0 Å². The highest BCUT2D eigenvalue weighted by Crippen LogP contribution is 2.48. The van der Waals surface area contributed by atoms with E-state index in [0.29, 0.717) is 12.1 Å². The summed E-state index contributed by atoms with van der Waals surface area (Å²) in [5, 5.41) is 0. The van der Waals surface area contributed by atoms with Gasteiger partial charge in [0.05, 0.1) is 12.1 Å². The van der Waals surface area contributed by atoms with Crippen LogP contribution in [0.25, 0.3) is 6.08 Å². The van der Waals surface area contributed by atoms with Gasteiger partial charge in [-0.25, -0.2) is 0 Å². The van der Waals surface area contributed by atoms with Crippen molar-refractivity contribution in [1.29, 1.82) is 0 Å². The van der Waals surface area contributed by atoms with Crippen molar-refractivity contribution in [3.05, 3.63) is 107 Å². The Balaban J connectivity index is 1.75. The summed E-state index contributed by atoms with van der Waals surface area (Å²) < 4.78 is 0. The smallest absolute Gasteiger partial charge is 0.0814 e. The number of fused-ring (bicyclic) bond motifs is 4. The highest BCUT2D eigenvalue weighted by molar-refractivity contribution is 5.74. The first kappa shape index (κ1) is 12.7. The Morgan fingerprint density at radius 3 is 2.43 bits per heavy atom. The summed E-state index contributed by atoms with van der Waals surface area (Å²) in [4.78, 5) is 2.55. The molecule has 1 nitrogen and oxygen atoms in total. The largest absolute Gasteiger partial charge is 0.350 e. The van der Waals surface area contributed by atoms with Crippen LogP contribution >= 0.6 is 0 Å². The van der Waals surface area contributed by atoms with Crippen LogP contribution in [0.3, 0.4) is 0 Å². The minimum Gasteiger partial charge on any atom is -0.350 e. The van der Waals surface area contributed by atoms with E-state index in [9.17, 15) is 0 Å². The summed E-state index contributed by atoms with van der Waals surface area (Å²) in [6, 6.07) is 20.1. The van der Waals surface area contributed by atoms with Crippen LogP contribution in [0.15, 0.2) is 96.1 Å². The Kier molecular flexibility index (Phi) is 2.68. The molecular formula is C22H17N. The molecule has 3 aliphatic rings. The number of rotatable bonds is 1. The van der Waals surface area contributed by atoms with Crippen molar-refractivity contribution in [2.75, 3.05) is 4.90 Å². The molecule has 0 N–H and O–H groups in total. The minimum atomic E-state index is 0.297. The first-order chi connectivity index (χ1) is 11.4. The monoisotopic (exact) mass is 295 g/mol. The van der Waals surface area contributed by atoms with Gasteiger partial charge in [0.15, 0.2) is 0 Å². The third-order valence-corrected chi connectivity index (χ3v) is 4.99. The Bertz CT molecular complexity index is 883. The maximum atomic E-state index is 2.55. The van der Waals surface area contributed by atoms with Crippen LogP contribution < -0.4 is 4.90 Å². The average Bonchev–Trinajstić information content (AvgIpc) is 2.97. The fourth-order valence-electron chi connectivity index (χ4n) is 4.01. The van der Waals surface area contributed by atoms with Gasteiger partial charge in [-0.3, -0.25) is 0 Å². The number of benzene rings is 2. The van der Waals surface area contributed by atoms with E-state index in [1.165, 1.54) is 28.0 Å². The van der Waals surface area contributed by atoms with Crippen LogP contribution in [0.4, 0.5) is 5.69 Å². The molecule has 0 aromatic heterocycles. The molecule has 2 aliphatic carbocycles. The first-order valence-corrected chi connectivity index (χ1v) is 8.13. The van der Waals surface area contributed by atoms with Crippen LogP contribution in [0.2, 0.25) is 0 Å². The molecule has 0 saturated carbocycles. The van der Waals surface area contributed by atoms with E-state index in [1.807, 2.05) is 0 Å². The quantitative estimate of drug-likeness (QED) is 0.710. The van der Waals surface area contributed by atoms with E-state index in [1.54, 1.807) is 0 Å². The second-order valence-electron chi connectivity index (χ2n) is 6.21. The molecule has 0 fully saturated rings. The molecule has 0 spiro atoms. The third kappa shape index (κ3) is 1.80. The number of para-hydroxylation sites is 1. The van der Waals surface area contributed by atoms with Gasteiger partial charge >= 0.3 is 0 Å². The molecule has 5 rings (SSSR count). The van der Waals surface area contributed by atoms with E-state index in [0.717, 1.165) is 0 Å². The van der Waals surface area contributed by atoms with E-state index >= 15 is 0 Å². The highest BCUT2D eigenvalue weighted by Gasteiger charge is 2.40. The maximum Gasteiger partial charge on any atom is 0.0814 e. The van der Waals surface area contributed by atoms with Crippen LogP contribution in [0, 0.1) is 0 Å². The molecule has 0 amide bonds. The third-order valence-electron chi connectivity index (χ3n) is 4.99. The lowest BCUT2D eigenvalue weighted by molar-refractivity contribution is 0.732. The fourth-order valence-corrected chi connectivity index (χ4v) is 4.01. The van der Waals surface area contributed by atoms with Crippen molar-refractivity contribution in [2.24, 2.45) is 0 Å². The molecule has 0 radical (unpaired) electrons. The number of hydrogen-bond acceptors (Lipinski definition) is 1. The van der Waals surface area contributed by atoms with Gasteiger partial charge in [0, 0.05) is 5.69 Å². The molecule has 110 valence electrons. The Labute approximate surface area is 136 Å². The van der Waals surface area contributed by atoms with Gasteiger partial charge in [0.25, 0.3) is 0 Å². The standard InChI is InChI=1S/C22H17N/c1-2-9-17(10-3-1)23-21-13-7-6-12-19(21)20-15-14-16-8-4-5-11-18(16)22(20)23/h1-15,21-22H. The van der Waals surface area contributed by atoms with Crippen LogP contribution in [-0.4, -0.2) is 6.04 Å². The lowest BCUT2D eigenvalue weighted by atomic mass is 9.88. The zero-order valence-electron chi connectivity index (χ0n) is 12.8. The topological polar surface area (TPSA) is 3.24 Å². The van der Waals surface area contributed by atoms with E-state index < -0.39 is 0 Å². The highest BCUT2D eigenvalue weighted by atomic mass is 15.2. The number of nitrogens with zero attached hydrogens (tertiary/aromatic N) is 1. The Morgan fingerprint density at radius 1 is 0.696 bits per heavy atom. The molecule has 2 unspecified atom stereocenters. The van der Waals surface area contributed by atoms with Gasteiger partial charge in [-0.05, 0) is 34.4 Å². The lowest BCUT2D eigenvalue weighted by Gasteiger charge is -2.35. The van der Waals surface area contributed by atoms with Gasteiger partial charge in [0.2, 0.25) is 0 Å². The van der Waals surface area contributed by atoms with Gasteiger partial charge < -0.3 is 4.90 Å². The molecular weight excluding hydrogens is 278 g/mol. The summed E-state index contributed by atoms with van der Waals surface area (Å²) in [7, 11) is 0. The van der Waals surface area contributed by atoms with E-state index in [2.05, 4.69) is 96.0 Å². The van der Waals surface area contributed by atoms with Crippen molar-refractivity contribution < 1.29 is 0 Å². The summed E-state index contributed by atoms with van der Waals surface area (Å²) >= 11 is 0. The summed E-state index contributed by atoms with van der Waals surface area (Å²) in [5.41, 5.74) is 6.86. The van der Waals surface area contributed by atoms with Crippen LogP contribution in [-0.2, 0) is 0 Å². The predicted molar refractivity (Wildman–Crippen MR) is 96.2 cm³/mol. The van der Waals surface area contributed by atoms with Gasteiger partial charge in [-0.1, -0.05) is 78.9 Å². The molecule has 0 bridgehead atoms. The van der Waals surface area contributed by atoms with E-state index in [-0.39, 0.29) is 0 Å². The summed E-state index contributed by atoms with van der Waals surface area (Å²) in [6.07, 6.45) is 13.5. The normalized spacial score (nSPS) is 23.7. The molecule has 2 atom stereocenters. The Hall–Kier alpha value is -2.80.